The van der Waals surface area contributed by atoms with Crippen molar-refractivity contribution in [2.75, 3.05) is 27.4 Å². The van der Waals surface area contributed by atoms with Crippen molar-refractivity contribution in [3.8, 4) is 5.75 Å². The highest BCUT2D eigenvalue weighted by atomic mass is 16.8. The number of carbonyl (C=O) groups excluding carboxylic acids is 8. The summed E-state index contributed by atoms with van der Waals surface area (Å²) >= 11 is 0. The number of hydrogen-bond acceptors (Lipinski definition) is 25. The molecule has 4 aliphatic heterocycles. The zero-order chi connectivity index (χ0) is 62.6. The quantitative estimate of drug-likeness (QED) is 0.0618. The summed E-state index contributed by atoms with van der Waals surface area (Å²) in [6.45, 7) is 4.75. The molecule has 4 fully saturated rings. The lowest BCUT2D eigenvalue weighted by Gasteiger charge is -2.48. The van der Waals surface area contributed by atoms with Gasteiger partial charge in [-0.15, -0.1) is 5.06 Å². The number of carbonyl (C=O) groups is 8. The van der Waals surface area contributed by atoms with Crippen LogP contribution in [0.15, 0.2) is 146 Å². The molecule has 25 nitrogen and oxygen atoms in total. The average molecular weight is 1220 g/mol. The van der Waals surface area contributed by atoms with Gasteiger partial charge in [-0.3, -0.25) is 24.0 Å². The van der Waals surface area contributed by atoms with Gasteiger partial charge in [-0.1, -0.05) is 84.9 Å². The van der Waals surface area contributed by atoms with Crippen molar-refractivity contribution in [3.05, 3.63) is 173 Å². The number of nitrogens with zero attached hydrogens (tertiary/aromatic N) is 1. The van der Waals surface area contributed by atoms with E-state index in [4.69, 9.17) is 75.9 Å². The van der Waals surface area contributed by atoms with Gasteiger partial charge >= 0.3 is 47.8 Å². The second kappa shape index (κ2) is 29.4. The van der Waals surface area contributed by atoms with Crippen LogP contribution in [-0.4, -0.2) is 172 Å². The number of hydrogen-bond donors (Lipinski definition) is 0. The van der Waals surface area contributed by atoms with Crippen molar-refractivity contribution in [3.63, 3.8) is 0 Å². The number of esters is 8. The summed E-state index contributed by atoms with van der Waals surface area (Å²) in [5, 5.41) is 1.32. The van der Waals surface area contributed by atoms with Gasteiger partial charge in [-0.2, -0.15) is 0 Å². The van der Waals surface area contributed by atoms with E-state index in [0.29, 0.717) is 11.3 Å². The molecule has 0 saturated carbocycles. The van der Waals surface area contributed by atoms with E-state index in [-0.39, 0.29) is 22.3 Å². The van der Waals surface area contributed by atoms with Gasteiger partial charge in [0.15, 0.2) is 55.4 Å². The second-order valence-corrected chi connectivity index (χ2v) is 20.5. The molecule has 5 aromatic carbocycles. The predicted octanol–water partition coefficient (Wildman–Crippen LogP) is 5.81. The summed E-state index contributed by atoms with van der Waals surface area (Å²) in [6, 6.07) is 36.9. The van der Waals surface area contributed by atoms with Crippen molar-refractivity contribution in [1.29, 1.82) is 0 Å². The summed E-state index contributed by atoms with van der Waals surface area (Å²) < 4.78 is 92.6. The highest BCUT2D eigenvalue weighted by Gasteiger charge is 2.62. The first kappa shape index (κ1) is 63.8. The fourth-order valence-corrected chi connectivity index (χ4v) is 10.5. The number of fused-ring (bicyclic) bond motifs is 1. The number of hydroxylamine groups is 2. The molecule has 0 radical (unpaired) electrons. The van der Waals surface area contributed by atoms with Crippen LogP contribution in [0, 0.1) is 0 Å². The predicted molar refractivity (Wildman–Crippen MR) is 298 cm³/mol. The van der Waals surface area contributed by atoms with Crippen LogP contribution >= 0.6 is 0 Å². The lowest BCUT2D eigenvalue weighted by molar-refractivity contribution is -0.388. The normalized spacial score (nSPS) is 28.3. The zero-order valence-electron chi connectivity index (χ0n) is 48.8. The molecule has 88 heavy (non-hydrogen) atoms. The molecule has 466 valence electrons. The van der Waals surface area contributed by atoms with Crippen molar-refractivity contribution < 1.29 is 114 Å². The molecule has 0 N–H and O–H groups in total. The third kappa shape index (κ3) is 15.4. The van der Waals surface area contributed by atoms with Crippen LogP contribution in [0.3, 0.4) is 0 Å². The Bertz CT molecular complexity index is 3210. The van der Waals surface area contributed by atoms with Crippen molar-refractivity contribution in [2.24, 2.45) is 0 Å². The Balaban J connectivity index is 1.16. The van der Waals surface area contributed by atoms with Gasteiger partial charge in [0, 0.05) is 34.8 Å². The Morgan fingerprint density at radius 3 is 1.33 bits per heavy atom. The van der Waals surface area contributed by atoms with E-state index in [0.717, 1.165) is 27.7 Å². The Labute approximate surface area is 505 Å². The van der Waals surface area contributed by atoms with E-state index in [9.17, 15) is 38.4 Å². The van der Waals surface area contributed by atoms with E-state index in [1.807, 2.05) is 0 Å². The van der Waals surface area contributed by atoms with Gasteiger partial charge in [-0.25, -0.2) is 19.2 Å². The first-order chi connectivity index (χ1) is 42.4. The van der Waals surface area contributed by atoms with Gasteiger partial charge in [-0.05, 0) is 73.2 Å². The largest absolute Gasteiger partial charge is 0.497 e. The number of methoxy groups -OCH3 is 2. The van der Waals surface area contributed by atoms with Crippen LogP contribution in [0.5, 0.6) is 5.75 Å². The van der Waals surface area contributed by atoms with E-state index >= 15 is 0 Å². The molecule has 25 heteroatoms. The molecule has 0 bridgehead atoms. The molecule has 0 aliphatic carbocycles. The van der Waals surface area contributed by atoms with Gasteiger partial charge in [0.25, 0.3) is 0 Å². The summed E-state index contributed by atoms with van der Waals surface area (Å²) in [7, 11) is 2.79. The number of rotatable bonds is 21. The van der Waals surface area contributed by atoms with Crippen LogP contribution in [0.25, 0.3) is 0 Å². The minimum atomic E-state index is -1.91. The van der Waals surface area contributed by atoms with E-state index in [1.165, 1.54) is 67.8 Å². The number of ether oxygens (including phenoxy) is 15. The van der Waals surface area contributed by atoms with Crippen LogP contribution in [0.1, 0.15) is 87.8 Å². The lowest BCUT2D eigenvalue weighted by atomic mass is 9.95. The van der Waals surface area contributed by atoms with E-state index in [1.54, 1.807) is 104 Å². The molecule has 1 unspecified atom stereocenters. The Morgan fingerprint density at radius 2 is 0.841 bits per heavy atom. The fraction of sp³-hybridized carbons (Fsp3) is 0.397. The fourth-order valence-electron chi connectivity index (χ4n) is 10.5. The molecule has 16 atom stereocenters. The highest BCUT2D eigenvalue weighted by Crippen LogP contribution is 2.46. The highest BCUT2D eigenvalue weighted by molar-refractivity contribution is 5.91. The van der Waals surface area contributed by atoms with Gasteiger partial charge < -0.3 is 71.1 Å². The van der Waals surface area contributed by atoms with Crippen molar-refractivity contribution >= 4 is 47.8 Å². The molecule has 0 spiro atoms. The third-order valence-electron chi connectivity index (χ3n) is 14.4. The van der Waals surface area contributed by atoms with Crippen LogP contribution < -0.4 is 4.74 Å². The topological polar surface area (TPSA) is 287 Å². The van der Waals surface area contributed by atoms with Gasteiger partial charge in [0.2, 0.25) is 6.29 Å². The smallest absolute Gasteiger partial charge is 0.338 e. The lowest BCUT2D eigenvalue weighted by Crippen LogP contribution is -2.67. The standard InChI is InChI=1S/C63H65NO24/c1-34-47-50(83-56(39-28-30-44(73-6)31-29-39)64(47)88-63-55(80-38(5)68)51(79-37(4)67)48(78-36(3)66)45(82-63)32-75-35(2)65)53(61(74-7)77-34)87-62-54(86-60(72)43-26-18-11-19-27-43)52(85-59(71)42-24-16-10-17-25-42)49(84-58(70)41-22-14-9-15-23-41)46(81-62)33-76-57(69)40-20-12-8-13-21-40/h8-31,34,45-56,61-63H,32-33H2,1-7H3/t34-,45-,46-,47-,48-,49-,50+,51+,52+,53-,54-,55-,56?,61+,62+,63+/m1/s1. The maximum Gasteiger partial charge on any atom is 0.338 e. The zero-order valence-corrected chi connectivity index (χ0v) is 48.8. The summed E-state index contributed by atoms with van der Waals surface area (Å²) in [6.07, 6.45) is -23.6. The van der Waals surface area contributed by atoms with Crippen LogP contribution in [-0.2, 0) is 90.3 Å². The molecular formula is C63H65NO24. The van der Waals surface area contributed by atoms with Crippen molar-refractivity contribution in [1.82, 2.24) is 5.06 Å². The van der Waals surface area contributed by atoms with Gasteiger partial charge in [0.1, 0.15) is 43.4 Å². The summed E-state index contributed by atoms with van der Waals surface area (Å²) in [5.74, 6) is -6.63. The molecule has 4 heterocycles. The van der Waals surface area contributed by atoms with Gasteiger partial charge in [0.05, 0.1) is 41.5 Å². The molecule has 4 saturated heterocycles. The summed E-state index contributed by atoms with van der Waals surface area (Å²) in [4.78, 5) is 115. The first-order valence-electron chi connectivity index (χ1n) is 28.0. The molecular weight excluding hydrogens is 1150 g/mol. The monoisotopic (exact) mass is 1220 g/mol. The first-order valence-corrected chi connectivity index (χ1v) is 28.0. The molecule has 0 amide bonds. The minimum absolute atomic E-state index is 0.0345. The maximum atomic E-state index is 14.5. The molecule has 0 aromatic heterocycles. The number of benzene rings is 5. The summed E-state index contributed by atoms with van der Waals surface area (Å²) in [5.41, 5.74) is 0.688. The maximum absolute atomic E-state index is 14.5. The Morgan fingerprint density at radius 1 is 0.420 bits per heavy atom. The minimum Gasteiger partial charge on any atom is -0.497 e. The third-order valence-corrected chi connectivity index (χ3v) is 14.4. The van der Waals surface area contributed by atoms with E-state index < -0.39 is 159 Å². The molecule has 4 aliphatic rings. The Hall–Kier alpha value is -8.66. The van der Waals surface area contributed by atoms with Crippen molar-refractivity contribution in [2.45, 2.75) is 133 Å². The second-order valence-electron chi connectivity index (χ2n) is 20.5. The molecule has 5 aromatic rings. The Kier molecular flexibility index (Phi) is 21.3. The van der Waals surface area contributed by atoms with Crippen LogP contribution in [0.4, 0.5) is 0 Å². The average Bonchev–Trinajstić information content (AvgIpc) is 3.37. The molecule has 9 rings (SSSR count). The SMILES string of the molecule is COc1ccc(C2O[C@@H]3[C@@H](O[C@@H]4O[C@H](COC(=O)c5ccccc5)[C@@H](OC(=O)c5ccccc5)[C@H](OC(=O)c5ccccc5)[C@H]4OC(=O)c4ccccc4)[C@@H](OC)O[C@H](C)[C@H]3N2O[C@@H]2O[C@H](COC(C)=O)[C@@H](OC(C)=O)[C@H](OC(C)=O)[C@H]2OC(C)=O)cc1. The van der Waals surface area contributed by atoms with Crippen LogP contribution in [0.2, 0.25) is 0 Å². The van der Waals surface area contributed by atoms with E-state index in [2.05, 4.69) is 0 Å².